The SMILES string of the molecule is Cc1cccc2c(C3CC3)c(CN)sc12. The zero-order valence-corrected chi connectivity index (χ0v) is 9.73. The van der Waals surface area contributed by atoms with Gasteiger partial charge in [0.05, 0.1) is 0 Å². The molecule has 0 aliphatic heterocycles. The fraction of sp³-hybridized carbons (Fsp3) is 0.385. The third-order valence-electron chi connectivity index (χ3n) is 3.20. The standard InChI is InChI=1S/C13H15NS/c1-8-3-2-4-10-12(9-5-6-9)11(7-14)15-13(8)10/h2-4,9H,5-7,14H2,1H3. The highest BCUT2D eigenvalue weighted by Crippen LogP contribution is 2.48. The van der Waals surface area contributed by atoms with E-state index in [4.69, 9.17) is 5.73 Å². The minimum absolute atomic E-state index is 0.699. The molecule has 1 aromatic heterocycles. The van der Waals surface area contributed by atoms with Gasteiger partial charge in [-0.2, -0.15) is 0 Å². The summed E-state index contributed by atoms with van der Waals surface area (Å²) in [5, 5.41) is 1.46. The molecule has 1 aliphatic rings. The van der Waals surface area contributed by atoms with Crippen LogP contribution < -0.4 is 5.73 Å². The van der Waals surface area contributed by atoms with Crippen LogP contribution in [0, 0.1) is 6.92 Å². The molecular weight excluding hydrogens is 202 g/mol. The van der Waals surface area contributed by atoms with Gasteiger partial charge in [0, 0.05) is 16.1 Å². The van der Waals surface area contributed by atoms with Gasteiger partial charge in [0.2, 0.25) is 0 Å². The smallest absolute Gasteiger partial charge is 0.0378 e. The van der Waals surface area contributed by atoms with Crippen LogP contribution in [0.2, 0.25) is 0 Å². The molecule has 0 saturated heterocycles. The van der Waals surface area contributed by atoms with Crippen LogP contribution in [-0.2, 0) is 6.54 Å². The molecule has 2 N–H and O–H groups in total. The summed E-state index contributed by atoms with van der Waals surface area (Å²) in [6.07, 6.45) is 2.71. The second-order valence-corrected chi connectivity index (χ2v) is 5.47. The molecular formula is C13H15NS. The van der Waals surface area contributed by atoms with E-state index in [-0.39, 0.29) is 0 Å². The van der Waals surface area contributed by atoms with E-state index in [0.29, 0.717) is 6.54 Å². The molecule has 1 heterocycles. The van der Waals surface area contributed by atoms with Gasteiger partial charge < -0.3 is 5.73 Å². The van der Waals surface area contributed by atoms with Crippen molar-refractivity contribution in [1.82, 2.24) is 0 Å². The minimum atomic E-state index is 0.699. The van der Waals surface area contributed by atoms with Gasteiger partial charge in [-0.05, 0) is 42.2 Å². The number of benzene rings is 1. The highest BCUT2D eigenvalue weighted by Gasteiger charge is 2.29. The van der Waals surface area contributed by atoms with Gasteiger partial charge in [0.25, 0.3) is 0 Å². The number of nitrogens with two attached hydrogens (primary N) is 1. The van der Waals surface area contributed by atoms with Crippen molar-refractivity contribution in [3.63, 3.8) is 0 Å². The van der Waals surface area contributed by atoms with E-state index in [0.717, 1.165) is 5.92 Å². The molecule has 0 spiro atoms. The van der Waals surface area contributed by atoms with Gasteiger partial charge >= 0.3 is 0 Å². The number of hydrogen-bond donors (Lipinski definition) is 1. The van der Waals surface area contributed by atoms with Crippen LogP contribution in [0.25, 0.3) is 10.1 Å². The topological polar surface area (TPSA) is 26.0 Å². The van der Waals surface area contributed by atoms with Crippen molar-refractivity contribution < 1.29 is 0 Å². The summed E-state index contributed by atoms with van der Waals surface area (Å²) in [7, 11) is 0. The molecule has 1 saturated carbocycles. The van der Waals surface area contributed by atoms with Crippen LogP contribution in [0.5, 0.6) is 0 Å². The first kappa shape index (κ1) is 9.37. The Labute approximate surface area is 93.9 Å². The quantitative estimate of drug-likeness (QED) is 0.818. The molecule has 0 unspecified atom stereocenters. The average Bonchev–Trinajstić information content (AvgIpc) is 3.00. The first-order chi connectivity index (χ1) is 7.31. The summed E-state index contributed by atoms with van der Waals surface area (Å²) < 4.78 is 1.44. The van der Waals surface area contributed by atoms with Gasteiger partial charge in [-0.15, -0.1) is 11.3 Å². The molecule has 2 heteroatoms. The number of hydrogen-bond acceptors (Lipinski definition) is 2. The lowest BCUT2D eigenvalue weighted by Gasteiger charge is -1.99. The Morgan fingerprint density at radius 1 is 1.40 bits per heavy atom. The molecule has 3 rings (SSSR count). The van der Waals surface area contributed by atoms with E-state index in [1.807, 2.05) is 11.3 Å². The molecule has 1 aliphatic carbocycles. The van der Waals surface area contributed by atoms with Gasteiger partial charge in [-0.3, -0.25) is 0 Å². The fourth-order valence-corrected chi connectivity index (χ4v) is 3.53. The van der Waals surface area contributed by atoms with Crippen LogP contribution in [0.1, 0.15) is 34.8 Å². The fourth-order valence-electron chi connectivity index (χ4n) is 2.30. The van der Waals surface area contributed by atoms with Gasteiger partial charge in [-0.1, -0.05) is 18.2 Å². The molecule has 1 aromatic carbocycles. The number of thiophene rings is 1. The van der Waals surface area contributed by atoms with E-state index in [1.165, 1.54) is 33.4 Å². The highest BCUT2D eigenvalue weighted by molar-refractivity contribution is 7.19. The molecule has 78 valence electrons. The molecule has 2 aromatic rings. The van der Waals surface area contributed by atoms with E-state index >= 15 is 0 Å². The first-order valence-corrected chi connectivity index (χ1v) is 6.34. The average molecular weight is 217 g/mol. The minimum Gasteiger partial charge on any atom is -0.326 e. The van der Waals surface area contributed by atoms with Crippen LogP contribution in [0.15, 0.2) is 18.2 Å². The molecule has 0 radical (unpaired) electrons. The van der Waals surface area contributed by atoms with Crippen LogP contribution in [0.4, 0.5) is 0 Å². The lowest BCUT2D eigenvalue weighted by atomic mass is 10.0. The van der Waals surface area contributed by atoms with Crippen LogP contribution in [0.3, 0.4) is 0 Å². The Hall–Kier alpha value is -0.860. The van der Waals surface area contributed by atoms with Crippen molar-refractivity contribution in [3.05, 3.63) is 34.2 Å². The van der Waals surface area contributed by atoms with E-state index in [2.05, 4.69) is 25.1 Å². The zero-order valence-electron chi connectivity index (χ0n) is 8.92. The zero-order chi connectivity index (χ0) is 10.4. The monoisotopic (exact) mass is 217 g/mol. The predicted octanol–water partition coefficient (Wildman–Crippen LogP) is 3.55. The van der Waals surface area contributed by atoms with Gasteiger partial charge in [0.1, 0.15) is 0 Å². The molecule has 15 heavy (non-hydrogen) atoms. The van der Waals surface area contributed by atoms with Crippen molar-refractivity contribution in [2.24, 2.45) is 5.73 Å². The van der Waals surface area contributed by atoms with E-state index < -0.39 is 0 Å². The summed E-state index contributed by atoms with van der Waals surface area (Å²) in [5.74, 6) is 0.805. The first-order valence-electron chi connectivity index (χ1n) is 5.52. The molecule has 0 atom stereocenters. The Morgan fingerprint density at radius 2 is 2.20 bits per heavy atom. The summed E-state index contributed by atoms with van der Waals surface area (Å²) >= 11 is 1.89. The van der Waals surface area contributed by atoms with Crippen molar-refractivity contribution in [3.8, 4) is 0 Å². The molecule has 0 amide bonds. The lowest BCUT2D eigenvalue weighted by Crippen LogP contribution is -1.96. The van der Waals surface area contributed by atoms with E-state index in [1.54, 1.807) is 5.56 Å². The van der Waals surface area contributed by atoms with Gasteiger partial charge in [-0.25, -0.2) is 0 Å². The molecule has 1 nitrogen and oxygen atoms in total. The second kappa shape index (κ2) is 3.32. The van der Waals surface area contributed by atoms with Crippen molar-refractivity contribution in [2.75, 3.05) is 0 Å². The number of rotatable bonds is 2. The maximum atomic E-state index is 5.84. The maximum absolute atomic E-state index is 5.84. The molecule has 0 bridgehead atoms. The number of fused-ring (bicyclic) bond motifs is 1. The Morgan fingerprint density at radius 3 is 2.87 bits per heavy atom. The Kier molecular flexibility index (Phi) is 2.08. The normalized spacial score (nSPS) is 16.1. The second-order valence-electron chi connectivity index (χ2n) is 4.37. The van der Waals surface area contributed by atoms with Crippen molar-refractivity contribution in [1.29, 1.82) is 0 Å². The lowest BCUT2D eigenvalue weighted by molar-refractivity contribution is 1.04. The largest absolute Gasteiger partial charge is 0.326 e. The van der Waals surface area contributed by atoms with Crippen LogP contribution >= 0.6 is 11.3 Å². The Balaban J connectivity index is 2.33. The molecule has 1 fully saturated rings. The summed E-state index contributed by atoms with van der Waals surface area (Å²) in [6, 6.07) is 6.61. The van der Waals surface area contributed by atoms with Gasteiger partial charge in [0.15, 0.2) is 0 Å². The number of aryl methyl sites for hydroxylation is 1. The predicted molar refractivity (Wildman–Crippen MR) is 66.4 cm³/mol. The summed E-state index contributed by atoms with van der Waals surface area (Å²) in [5.41, 5.74) is 8.79. The highest BCUT2D eigenvalue weighted by atomic mass is 32.1. The summed E-state index contributed by atoms with van der Waals surface area (Å²) in [4.78, 5) is 1.40. The maximum Gasteiger partial charge on any atom is 0.0378 e. The van der Waals surface area contributed by atoms with Crippen LogP contribution in [-0.4, -0.2) is 0 Å². The Bertz CT molecular complexity index is 508. The van der Waals surface area contributed by atoms with E-state index in [9.17, 15) is 0 Å². The van der Waals surface area contributed by atoms with Crippen molar-refractivity contribution in [2.45, 2.75) is 32.2 Å². The third-order valence-corrected chi connectivity index (χ3v) is 4.58. The third kappa shape index (κ3) is 1.40. The van der Waals surface area contributed by atoms with Crippen molar-refractivity contribution >= 4 is 21.4 Å². The summed E-state index contributed by atoms with van der Waals surface area (Å²) in [6.45, 7) is 2.89.